The van der Waals surface area contributed by atoms with Crippen LogP contribution in [0.25, 0.3) is 0 Å². The molecule has 92 valence electrons. The maximum Gasteiger partial charge on any atom is 0.488 e. The minimum Gasteiger partial charge on any atom is -0.492 e. The third kappa shape index (κ3) is 3.73. The lowest BCUT2D eigenvalue weighted by molar-refractivity contribution is 0.232. The van der Waals surface area contributed by atoms with Gasteiger partial charge >= 0.3 is 7.12 Å². The zero-order chi connectivity index (χ0) is 12.3. The lowest BCUT2D eigenvalue weighted by Gasteiger charge is -2.16. The van der Waals surface area contributed by atoms with Gasteiger partial charge in [-0.05, 0) is 37.5 Å². The Kier molecular flexibility index (Phi) is 4.04. The fourth-order valence-electron chi connectivity index (χ4n) is 1.77. The summed E-state index contributed by atoms with van der Waals surface area (Å²) in [5, 5.41) is 18.1. The molecule has 0 aliphatic heterocycles. The highest BCUT2D eigenvalue weighted by molar-refractivity contribution is 6.58. The normalized spacial score (nSPS) is 15.1. The van der Waals surface area contributed by atoms with Crippen molar-refractivity contribution in [2.75, 3.05) is 20.2 Å². The molecule has 1 saturated carbocycles. The van der Waals surface area contributed by atoms with E-state index in [1.165, 1.54) is 12.8 Å². The average molecular weight is 235 g/mol. The first-order valence-electron chi connectivity index (χ1n) is 5.96. The standard InChI is InChI=1S/C12H18BNO3/c1-14(11-5-6-11)7-8-17-12-4-2-3-10(9-12)13(15)16/h2-4,9,11,15-16H,5-8H2,1H3. The molecule has 0 bridgehead atoms. The molecule has 0 heterocycles. The van der Waals surface area contributed by atoms with E-state index < -0.39 is 7.12 Å². The summed E-state index contributed by atoms with van der Waals surface area (Å²) in [6, 6.07) is 7.64. The Morgan fingerprint density at radius 2 is 2.18 bits per heavy atom. The molecule has 1 aromatic carbocycles. The van der Waals surface area contributed by atoms with Gasteiger partial charge in [0.25, 0.3) is 0 Å². The van der Waals surface area contributed by atoms with Crippen LogP contribution in [0.1, 0.15) is 12.8 Å². The number of hydrogen-bond acceptors (Lipinski definition) is 4. The molecule has 4 nitrogen and oxygen atoms in total. The quantitative estimate of drug-likeness (QED) is 0.673. The van der Waals surface area contributed by atoms with E-state index in [2.05, 4.69) is 11.9 Å². The number of hydrogen-bond donors (Lipinski definition) is 2. The van der Waals surface area contributed by atoms with Gasteiger partial charge in [-0.3, -0.25) is 0 Å². The molecule has 0 spiro atoms. The van der Waals surface area contributed by atoms with Crippen molar-refractivity contribution in [1.82, 2.24) is 4.90 Å². The number of ether oxygens (including phenoxy) is 1. The highest BCUT2D eigenvalue weighted by Gasteiger charge is 2.25. The Hall–Kier alpha value is -1.04. The van der Waals surface area contributed by atoms with E-state index in [1.807, 2.05) is 6.07 Å². The maximum absolute atomic E-state index is 9.03. The summed E-state index contributed by atoms with van der Waals surface area (Å²) in [7, 11) is 0.669. The summed E-state index contributed by atoms with van der Waals surface area (Å²) < 4.78 is 5.58. The van der Waals surface area contributed by atoms with E-state index in [4.69, 9.17) is 14.8 Å². The van der Waals surface area contributed by atoms with Crippen molar-refractivity contribution in [2.45, 2.75) is 18.9 Å². The molecule has 2 rings (SSSR count). The number of rotatable bonds is 6. The first-order chi connectivity index (χ1) is 8.16. The molecule has 0 amide bonds. The van der Waals surface area contributed by atoms with Gasteiger partial charge in [0.15, 0.2) is 0 Å². The van der Waals surface area contributed by atoms with Gasteiger partial charge < -0.3 is 19.7 Å². The van der Waals surface area contributed by atoms with Gasteiger partial charge in [-0.15, -0.1) is 0 Å². The van der Waals surface area contributed by atoms with Crippen LogP contribution in [0.3, 0.4) is 0 Å². The Balaban J connectivity index is 1.79. The van der Waals surface area contributed by atoms with Crippen LogP contribution in [0, 0.1) is 0 Å². The van der Waals surface area contributed by atoms with Gasteiger partial charge in [0.05, 0.1) is 0 Å². The van der Waals surface area contributed by atoms with Crippen LogP contribution in [0.4, 0.5) is 0 Å². The van der Waals surface area contributed by atoms with Crippen LogP contribution in [-0.4, -0.2) is 48.3 Å². The van der Waals surface area contributed by atoms with Gasteiger partial charge in [0.2, 0.25) is 0 Å². The van der Waals surface area contributed by atoms with Crippen LogP contribution in [0.5, 0.6) is 5.75 Å². The molecular weight excluding hydrogens is 217 g/mol. The van der Waals surface area contributed by atoms with Crippen molar-refractivity contribution in [3.63, 3.8) is 0 Å². The van der Waals surface area contributed by atoms with E-state index in [9.17, 15) is 0 Å². The molecule has 0 aromatic heterocycles. The summed E-state index contributed by atoms with van der Waals surface area (Å²) in [6.45, 7) is 1.52. The van der Waals surface area contributed by atoms with Crippen molar-refractivity contribution in [3.05, 3.63) is 24.3 Å². The smallest absolute Gasteiger partial charge is 0.488 e. The van der Waals surface area contributed by atoms with Gasteiger partial charge in [0, 0.05) is 12.6 Å². The predicted molar refractivity (Wildman–Crippen MR) is 67.4 cm³/mol. The van der Waals surface area contributed by atoms with Gasteiger partial charge in [0.1, 0.15) is 12.4 Å². The molecule has 0 saturated heterocycles. The van der Waals surface area contributed by atoms with Gasteiger partial charge in [-0.1, -0.05) is 12.1 Å². The first kappa shape index (κ1) is 12.4. The summed E-state index contributed by atoms with van der Waals surface area (Å²) in [4.78, 5) is 2.30. The van der Waals surface area contributed by atoms with E-state index in [-0.39, 0.29) is 0 Å². The third-order valence-electron chi connectivity index (χ3n) is 3.04. The van der Waals surface area contributed by atoms with E-state index in [0.717, 1.165) is 12.6 Å². The Morgan fingerprint density at radius 1 is 1.41 bits per heavy atom. The molecule has 1 aliphatic carbocycles. The Bertz CT molecular complexity index is 369. The molecular formula is C12H18BNO3. The van der Waals surface area contributed by atoms with Crippen LogP contribution in [0.2, 0.25) is 0 Å². The summed E-state index contributed by atoms with van der Waals surface area (Å²) in [6.07, 6.45) is 2.59. The monoisotopic (exact) mass is 235 g/mol. The fourth-order valence-corrected chi connectivity index (χ4v) is 1.77. The second kappa shape index (κ2) is 5.53. The van der Waals surface area contributed by atoms with Crippen LogP contribution in [0.15, 0.2) is 24.3 Å². The Labute approximate surface area is 102 Å². The van der Waals surface area contributed by atoms with Crippen molar-refractivity contribution < 1.29 is 14.8 Å². The van der Waals surface area contributed by atoms with Crippen LogP contribution >= 0.6 is 0 Å². The average Bonchev–Trinajstić information content (AvgIpc) is 3.13. The van der Waals surface area contributed by atoms with Gasteiger partial charge in [-0.25, -0.2) is 0 Å². The summed E-state index contributed by atoms with van der Waals surface area (Å²) in [5.41, 5.74) is 0.457. The number of nitrogens with zero attached hydrogens (tertiary/aromatic N) is 1. The Morgan fingerprint density at radius 3 is 2.82 bits per heavy atom. The number of benzene rings is 1. The summed E-state index contributed by atoms with van der Waals surface area (Å²) >= 11 is 0. The predicted octanol–water partition coefficient (Wildman–Crippen LogP) is -0.161. The zero-order valence-electron chi connectivity index (χ0n) is 10.0. The first-order valence-corrected chi connectivity index (χ1v) is 5.96. The lowest BCUT2D eigenvalue weighted by Crippen LogP contribution is -2.30. The molecule has 0 atom stereocenters. The van der Waals surface area contributed by atoms with Gasteiger partial charge in [-0.2, -0.15) is 0 Å². The second-order valence-electron chi connectivity index (χ2n) is 4.51. The molecule has 0 unspecified atom stereocenters. The molecule has 17 heavy (non-hydrogen) atoms. The van der Waals surface area contributed by atoms with Crippen LogP contribution in [-0.2, 0) is 0 Å². The lowest BCUT2D eigenvalue weighted by atomic mass is 9.80. The van der Waals surface area contributed by atoms with E-state index >= 15 is 0 Å². The third-order valence-corrected chi connectivity index (χ3v) is 3.04. The SMILES string of the molecule is CN(CCOc1cccc(B(O)O)c1)C1CC1. The minimum absolute atomic E-state index is 0.457. The van der Waals surface area contributed by atoms with Crippen molar-refractivity contribution in [1.29, 1.82) is 0 Å². The highest BCUT2D eigenvalue weighted by atomic mass is 16.5. The van der Waals surface area contributed by atoms with Crippen molar-refractivity contribution in [2.24, 2.45) is 0 Å². The second-order valence-corrected chi connectivity index (χ2v) is 4.51. The minimum atomic E-state index is -1.44. The fraction of sp³-hybridized carbons (Fsp3) is 0.500. The van der Waals surface area contributed by atoms with Crippen molar-refractivity contribution in [3.8, 4) is 5.75 Å². The van der Waals surface area contributed by atoms with Crippen molar-refractivity contribution >= 4 is 12.6 Å². The highest BCUT2D eigenvalue weighted by Crippen LogP contribution is 2.24. The molecule has 5 heteroatoms. The topological polar surface area (TPSA) is 52.9 Å². The summed E-state index contributed by atoms with van der Waals surface area (Å²) in [5.74, 6) is 0.680. The molecule has 1 aliphatic rings. The largest absolute Gasteiger partial charge is 0.492 e. The van der Waals surface area contributed by atoms with E-state index in [0.29, 0.717) is 17.8 Å². The molecule has 0 radical (unpaired) electrons. The zero-order valence-corrected chi connectivity index (χ0v) is 10.0. The van der Waals surface area contributed by atoms with Crippen LogP contribution < -0.4 is 10.2 Å². The van der Waals surface area contributed by atoms with E-state index in [1.54, 1.807) is 18.2 Å². The maximum atomic E-state index is 9.03. The molecule has 1 fully saturated rings. The molecule has 2 N–H and O–H groups in total. The molecule has 1 aromatic rings. The number of likely N-dealkylation sites (N-methyl/N-ethyl adjacent to an activating group) is 1.